The molecule has 2 heterocycles. The molecule has 0 aliphatic carbocycles. The fourth-order valence-corrected chi connectivity index (χ4v) is 4.70. The van der Waals surface area contributed by atoms with Gasteiger partial charge in [-0.05, 0) is 67.8 Å². The summed E-state index contributed by atoms with van der Waals surface area (Å²) in [4.78, 5) is 4.18. The Morgan fingerprint density at radius 2 is 1.81 bits per heavy atom. The highest BCUT2D eigenvalue weighted by Gasteiger charge is 2.23. The number of benzene rings is 2. The predicted octanol–water partition coefficient (Wildman–Crippen LogP) is 5.84. The van der Waals surface area contributed by atoms with Gasteiger partial charge in [-0.1, -0.05) is 42.5 Å². The van der Waals surface area contributed by atoms with Gasteiger partial charge in [-0.2, -0.15) is 0 Å². The molecule has 5 nitrogen and oxygen atoms in total. The molecule has 1 atom stereocenters. The summed E-state index contributed by atoms with van der Waals surface area (Å²) in [6.45, 7) is 10.5. The Balaban J connectivity index is 1.74. The van der Waals surface area contributed by atoms with E-state index in [1.165, 1.54) is 5.56 Å². The number of allylic oxidation sites excluding steroid dienone is 1. The molecular weight excluding hydrogens is 462 g/mol. The highest BCUT2D eigenvalue weighted by molar-refractivity contribution is 7.81. The SMILES string of the molecule is C=C(NC(C)(S)c1cccc(C)c1)c1cn(C)c2ccc(-c3ccn(C)c(=NC(=CC)NC)c3)cc12. The van der Waals surface area contributed by atoms with Crippen molar-refractivity contribution in [3.63, 3.8) is 0 Å². The van der Waals surface area contributed by atoms with Gasteiger partial charge in [0.1, 0.15) is 16.2 Å². The summed E-state index contributed by atoms with van der Waals surface area (Å²) in [5.41, 5.74) is 8.44. The van der Waals surface area contributed by atoms with Crippen LogP contribution in [0.3, 0.4) is 0 Å². The molecular formula is C30H35N5S. The average molecular weight is 498 g/mol. The average Bonchev–Trinajstić information content (AvgIpc) is 3.19. The van der Waals surface area contributed by atoms with Gasteiger partial charge in [0.15, 0.2) is 0 Å². The summed E-state index contributed by atoms with van der Waals surface area (Å²) >= 11 is 4.95. The minimum absolute atomic E-state index is 0.564. The molecule has 2 aromatic carbocycles. The van der Waals surface area contributed by atoms with E-state index in [1.54, 1.807) is 0 Å². The minimum Gasteiger partial charge on any atom is -0.373 e. The maximum absolute atomic E-state index is 4.95. The number of hydrogen-bond acceptors (Lipinski definition) is 4. The van der Waals surface area contributed by atoms with Crippen molar-refractivity contribution in [2.75, 3.05) is 7.05 Å². The van der Waals surface area contributed by atoms with E-state index >= 15 is 0 Å². The molecule has 4 aromatic rings. The fraction of sp³-hybridized carbons (Fsp3) is 0.233. The zero-order valence-corrected chi connectivity index (χ0v) is 22.8. The minimum atomic E-state index is -0.564. The van der Waals surface area contributed by atoms with Crippen LogP contribution in [0.15, 0.2) is 90.5 Å². The number of pyridine rings is 1. The third-order valence-electron chi connectivity index (χ3n) is 6.51. The molecule has 186 valence electrons. The molecule has 0 saturated carbocycles. The molecule has 0 radical (unpaired) electrons. The summed E-state index contributed by atoms with van der Waals surface area (Å²) in [5, 5.41) is 7.82. The second-order valence-electron chi connectivity index (χ2n) is 9.35. The van der Waals surface area contributed by atoms with Gasteiger partial charge in [0.05, 0.1) is 0 Å². The van der Waals surface area contributed by atoms with E-state index in [1.807, 2.05) is 37.9 Å². The first-order valence-electron chi connectivity index (χ1n) is 12.0. The van der Waals surface area contributed by atoms with Gasteiger partial charge in [-0.3, -0.25) is 0 Å². The number of aryl methyl sites for hydroxylation is 3. The summed E-state index contributed by atoms with van der Waals surface area (Å²) < 4.78 is 4.15. The second kappa shape index (κ2) is 10.2. The van der Waals surface area contributed by atoms with E-state index in [2.05, 4.69) is 103 Å². The van der Waals surface area contributed by atoms with Crippen LogP contribution in [0.5, 0.6) is 0 Å². The van der Waals surface area contributed by atoms with Crippen LogP contribution in [0.1, 0.15) is 30.5 Å². The number of hydrogen-bond donors (Lipinski definition) is 3. The van der Waals surface area contributed by atoms with Crippen molar-refractivity contribution in [2.45, 2.75) is 25.6 Å². The van der Waals surface area contributed by atoms with Crippen molar-refractivity contribution in [2.24, 2.45) is 19.1 Å². The largest absolute Gasteiger partial charge is 0.373 e. The van der Waals surface area contributed by atoms with Gasteiger partial charge in [-0.25, -0.2) is 4.99 Å². The van der Waals surface area contributed by atoms with E-state index in [0.29, 0.717) is 0 Å². The first-order valence-corrected chi connectivity index (χ1v) is 12.5. The maximum atomic E-state index is 4.95. The predicted molar refractivity (Wildman–Crippen MR) is 155 cm³/mol. The molecule has 0 saturated heterocycles. The van der Waals surface area contributed by atoms with E-state index in [9.17, 15) is 0 Å². The van der Waals surface area contributed by atoms with Gasteiger partial charge in [0.2, 0.25) is 0 Å². The van der Waals surface area contributed by atoms with Crippen molar-refractivity contribution >= 4 is 29.2 Å². The number of fused-ring (bicyclic) bond motifs is 1. The van der Waals surface area contributed by atoms with Crippen LogP contribution in [0.25, 0.3) is 27.7 Å². The fourth-order valence-electron chi connectivity index (χ4n) is 4.43. The number of thiol groups is 1. The molecule has 0 bridgehead atoms. The summed E-state index contributed by atoms with van der Waals surface area (Å²) in [6.07, 6.45) is 6.13. The van der Waals surface area contributed by atoms with Gasteiger partial charge >= 0.3 is 0 Å². The van der Waals surface area contributed by atoms with Crippen LogP contribution < -0.4 is 16.1 Å². The Kier molecular flexibility index (Phi) is 7.18. The smallest absolute Gasteiger partial charge is 0.135 e. The van der Waals surface area contributed by atoms with E-state index in [0.717, 1.165) is 50.2 Å². The molecule has 2 aromatic heterocycles. The van der Waals surface area contributed by atoms with Crippen molar-refractivity contribution < 1.29 is 0 Å². The lowest BCUT2D eigenvalue weighted by molar-refractivity contribution is 0.638. The summed E-state index contributed by atoms with van der Waals surface area (Å²) in [5.74, 6) is 0.828. The summed E-state index contributed by atoms with van der Waals surface area (Å²) in [7, 11) is 5.95. The number of aromatic nitrogens is 2. The topological polar surface area (TPSA) is 46.3 Å². The van der Waals surface area contributed by atoms with Crippen LogP contribution in [0.2, 0.25) is 0 Å². The van der Waals surface area contributed by atoms with Crippen LogP contribution in [0, 0.1) is 6.92 Å². The molecule has 4 rings (SSSR count). The zero-order chi connectivity index (χ0) is 26.0. The maximum Gasteiger partial charge on any atom is 0.135 e. The Hall–Kier alpha value is -3.64. The molecule has 2 N–H and O–H groups in total. The zero-order valence-electron chi connectivity index (χ0n) is 21.9. The van der Waals surface area contributed by atoms with E-state index < -0.39 is 4.87 Å². The van der Waals surface area contributed by atoms with Gasteiger partial charge in [-0.15, -0.1) is 12.6 Å². The van der Waals surface area contributed by atoms with Crippen molar-refractivity contribution in [3.05, 3.63) is 108 Å². The third-order valence-corrected chi connectivity index (χ3v) is 6.88. The highest BCUT2D eigenvalue weighted by Crippen LogP contribution is 2.33. The Morgan fingerprint density at radius 1 is 1.06 bits per heavy atom. The molecule has 0 amide bonds. The lowest BCUT2D eigenvalue weighted by Gasteiger charge is -2.28. The number of rotatable bonds is 7. The van der Waals surface area contributed by atoms with Crippen LogP contribution in [-0.4, -0.2) is 16.2 Å². The van der Waals surface area contributed by atoms with E-state index in [-0.39, 0.29) is 0 Å². The second-order valence-corrected chi connectivity index (χ2v) is 10.2. The lowest BCUT2D eigenvalue weighted by Crippen LogP contribution is -2.32. The van der Waals surface area contributed by atoms with Crippen molar-refractivity contribution in [1.82, 2.24) is 19.8 Å². The first-order chi connectivity index (χ1) is 17.1. The van der Waals surface area contributed by atoms with Crippen LogP contribution in [-0.2, 0) is 19.0 Å². The quantitative estimate of drug-likeness (QED) is 0.222. The van der Waals surface area contributed by atoms with Gasteiger partial charge in [0.25, 0.3) is 0 Å². The molecule has 1 unspecified atom stereocenters. The number of nitrogens with zero attached hydrogens (tertiary/aromatic N) is 3. The summed E-state index contributed by atoms with van der Waals surface area (Å²) in [6, 6.07) is 19.2. The van der Waals surface area contributed by atoms with Gasteiger partial charge < -0.3 is 19.8 Å². The standard InChI is InChI=1S/C30H35N5S/c1-8-28(31-5)32-29-18-23(14-15-34(29)6)22-12-13-27-25(17-22)26(19-35(27)7)21(3)33-30(4,36)24-11-9-10-20(2)16-24/h8-19,31,33,36H,3H2,1-2,4-7H3. The lowest BCUT2D eigenvalue weighted by atomic mass is 10.0. The Bertz CT molecular complexity index is 1530. The number of nitrogens with one attached hydrogen (secondary N) is 2. The van der Waals surface area contributed by atoms with Gasteiger partial charge in [0, 0.05) is 55.7 Å². The normalized spacial score (nSPS) is 14.1. The van der Waals surface area contributed by atoms with Crippen LogP contribution in [0.4, 0.5) is 0 Å². The van der Waals surface area contributed by atoms with Crippen molar-refractivity contribution in [3.8, 4) is 11.1 Å². The molecule has 0 aliphatic heterocycles. The Morgan fingerprint density at radius 3 is 2.50 bits per heavy atom. The third kappa shape index (κ3) is 5.14. The van der Waals surface area contributed by atoms with Crippen LogP contribution >= 0.6 is 12.6 Å². The molecule has 6 heteroatoms. The first kappa shape index (κ1) is 25.5. The molecule has 0 aliphatic rings. The molecule has 36 heavy (non-hydrogen) atoms. The highest BCUT2D eigenvalue weighted by atomic mass is 32.1. The Labute approximate surface area is 219 Å². The molecule has 0 spiro atoms. The molecule has 0 fully saturated rings. The van der Waals surface area contributed by atoms with E-state index in [4.69, 9.17) is 17.6 Å². The monoisotopic (exact) mass is 497 g/mol. The van der Waals surface area contributed by atoms with Crippen molar-refractivity contribution in [1.29, 1.82) is 0 Å².